The molecule has 2 aromatic heterocycles. The summed E-state index contributed by atoms with van der Waals surface area (Å²) in [6.45, 7) is 3.89. The summed E-state index contributed by atoms with van der Waals surface area (Å²) in [6.07, 6.45) is 9.13. The number of hydrogen-bond donors (Lipinski definition) is 1. The number of H-pyrrole nitrogens is 1. The van der Waals surface area contributed by atoms with E-state index in [0.717, 1.165) is 47.3 Å². The van der Waals surface area contributed by atoms with Gasteiger partial charge in [0.1, 0.15) is 11.6 Å². The molecule has 4 rings (SSSR count). The first kappa shape index (κ1) is 16.2. The van der Waals surface area contributed by atoms with Crippen molar-refractivity contribution < 1.29 is 4.42 Å². The number of likely N-dealkylation sites (tertiary alicyclic amines) is 1. The van der Waals surface area contributed by atoms with Crippen molar-refractivity contribution in [1.29, 1.82) is 0 Å². The Morgan fingerprint density at radius 3 is 2.88 bits per heavy atom. The van der Waals surface area contributed by atoms with Crippen LogP contribution in [0.4, 0.5) is 0 Å². The molecule has 0 bridgehead atoms. The van der Waals surface area contributed by atoms with E-state index in [0.29, 0.717) is 6.04 Å². The van der Waals surface area contributed by atoms with Gasteiger partial charge >= 0.3 is 0 Å². The molecule has 130 valence electrons. The third-order valence-corrected chi connectivity index (χ3v) is 6.36. The molecule has 1 N–H and O–H groups in total. The predicted octanol–water partition coefficient (Wildman–Crippen LogP) is 4.47. The van der Waals surface area contributed by atoms with Gasteiger partial charge in [-0.25, -0.2) is 4.98 Å². The maximum atomic E-state index is 6.11. The average Bonchev–Trinajstić information content (AvgIpc) is 3.31. The van der Waals surface area contributed by atoms with Gasteiger partial charge in [0, 0.05) is 5.25 Å². The van der Waals surface area contributed by atoms with Gasteiger partial charge in [0.25, 0.3) is 0 Å². The molecule has 6 heteroatoms. The maximum absolute atomic E-state index is 6.11. The molecular formula is C18H26N4OS. The van der Waals surface area contributed by atoms with Crippen LogP contribution in [0.25, 0.3) is 0 Å². The zero-order chi connectivity index (χ0) is 16.4. The minimum atomic E-state index is 0.314. The van der Waals surface area contributed by atoms with Gasteiger partial charge in [-0.3, -0.25) is 10.00 Å². The second-order valence-corrected chi connectivity index (χ2v) is 8.31. The number of thioether (sulfide) groups is 1. The Kier molecular flexibility index (Phi) is 4.94. The fourth-order valence-corrected chi connectivity index (χ4v) is 5.07. The standard InChI is InChI=1S/C18H26N4OS/c1-13-19-18(21-20-13)16-8-5-11-22(16)12-14-9-10-17(23-14)24-15-6-3-2-4-7-15/h9-10,15-16H,2-8,11-12H2,1H3,(H,19,20,21)/t16-/m0/s1. The maximum Gasteiger partial charge on any atom is 0.167 e. The molecule has 0 spiro atoms. The zero-order valence-corrected chi connectivity index (χ0v) is 15.1. The van der Waals surface area contributed by atoms with E-state index >= 15 is 0 Å². The minimum absolute atomic E-state index is 0.314. The van der Waals surface area contributed by atoms with Crippen LogP contribution in [0.5, 0.6) is 0 Å². The van der Waals surface area contributed by atoms with E-state index < -0.39 is 0 Å². The second kappa shape index (κ2) is 7.31. The summed E-state index contributed by atoms with van der Waals surface area (Å²) in [5.41, 5.74) is 0. The van der Waals surface area contributed by atoms with Crippen molar-refractivity contribution in [1.82, 2.24) is 20.1 Å². The lowest BCUT2D eigenvalue weighted by molar-refractivity contribution is 0.215. The highest BCUT2D eigenvalue weighted by Gasteiger charge is 2.29. The van der Waals surface area contributed by atoms with E-state index in [2.05, 4.69) is 32.2 Å². The van der Waals surface area contributed by atoms with Crippen LogP contribution < -0.4 is 0 Å². The minimum Gasteiger partial charge on any atom is -0.454 e. The van der Waals surface area contributed by atoms with Crippen molar-refractivity contribution in [3.05, 3.63) is 29.5 Å². The number of hydrogen-bond acceptors (Lipinski definition) is 5. The largest absolute Gasteiger partial charge is 0.454 e. The Labute approximate surface area is 147 Å². The highest BCUT2D eigenvalue weighted by Crippen LogP contribution is 2.36. The van der Waals surface area contributed by atoms with E-state index in [4.69, 9.17) is 4.42 Å². The highest BCUT2D eigenvalue weighted by molar-refractivity contribution is 7.99. The monoisotopic (exact) mass is 346 g/mol. The van der Waals surface area contributed by atoms with Crippen LogP contribution in [0.1, 0.15) is 68.4 Å². The summed E-state index contributed by atoms with van der Waals surface area (Å²) in [5, 5.41) is 9.15. The van der Waals surface area contributed by atoms with Gasteiger partial charge < -0.3 is 4.42 Å². The molecule has 5 nitrogen and oxygen atoms in total. The Morgan fingerprint density at radius 1 is 1.21 bits per heavy atom. The molecule has 1 aliphatic carbocycles. The van der Waals surface area contributed by atoms with Gasteiger partial charge in [-0.2, -0.15) is 5.10 Å². The van der Waals surface area contributed by atoms with Crippen molar-refractivity contribution >= 4 is 11.8 Å². The van der Waals surface area contributed by atoms with Gasteiger partial charge in [-0.05, 0) is 51.3 Å². The Bertz CT molecular complexity index is 662. The lowest BCUT2D eigenvalue weighted by Gasteiger charge is -2.21. The first-order valence-corrected chi connectivity index (χ1v) is 10.0. The van der Waals surface area contributed by atoms with Crippen LogP contribution in [0.15, 0.2) is 21.6 Å². The number of aryl methyl sites for hydroxylation is 1. The van der Waals surface area contributed by atoms with Gasteiger partial charge in [-0.1, -0.05) is 31.0 Å². The molecule has 0 unspecified atom stereocenters. The van der Waals surface area contributed by atoms with Crippen LogP contribution in [0.2, 0.25) is 0 Å². The fraction of sp³-hybridized carbons (Fsp3) is 0.667. The number of nitrogens with zero attached hydrogens (tertiary/aromatic N) is 3. The van der Waals surface area contributed by atoms with Gasteiger partial charge in [0.15, 0.2) is 10.9 Å². The number of rotatable bonds is 5. The zero-order valence-electron chi connectivity index (χ0n) is 14.3. The van der Waals surface area contributed by atoms with Crippen molar-refractivity contribution in [2.75, 3.05) is 6.54 Å². The molecule has 0 radical (unpaired) electrons. The lowest BCUT2D eigenvalue weighted by Crippen LogP contribution is -2.23. The molecule has 1 saturated carbocycles. The predicted molar refractivity (Wildman–Crippen MR) is 94.9 cm³/mol. The summed E-state index contributed by atoms with van der Waals surface area (Å²) in [4.78, 5) is 6.97. The van der Waals surface area contributed by atoms with Crippen molar-refractivity contribution in [3.8, 4) is 0 Å². The van der Waals surface area contributed by atoms with Crippen LogP contribution in [-0.4, -0.2) is 31.9 Å². The molecule has 1 atom stereocenters. The summed E-state index contributed by atoms with van der Waals surface area (Å²) in [5.74, 6) is 2.88. The Morgan fingerprint density at radius 2 is 2.08 bits per heavy atom. The molecule has 2 fully saturated rings. The van der Waals surface area contributed by atoms with E-state index in [1.54, 1.807) is 0 Å². The number of aromatic amines is 1. The summed E-state index contributed by atoms with van der Waals surface area (Å²) >= 11 is 1.93. The summed E-state index contributed by atoms with van der Waals surface area (Å²) in [7, 11) is 0. The van der Waals surface area contributed by atoms with Crippen LogP contribution in [0, 0.1) is 6.92 Å². The fourth-order valence-electron chi connectivity index (χ4n) is 3.87. The summed E-state index contributed by atoms with van der Waals surface area (Å²) < 4.78 is 6.11. The molecular weight excluding hydrogens is 320 g/mol. The van der Waals surface area contributed by atoms with Crippen molar-refractivity contribution in [3.63, 3.8) is 0 Å². The number of nitrogens with one attached hydrogen (secondary N) is 1. The third-order valence-electron chi connectivity index (χ3n) is 5.11. The molecule has 1 aliphatic heterocycles. The SMILES string of the molecule is Cc1nc([C@@H]2CCCN2Cc2ccc(SC3CCCCC3)o2)n[nH]1. The van der Waals surface area contributed by atoms with E-state index in [1.807, 2.05) is 18.7 Å². The van der Waals surface area contributed by atoms with Gasteiger partial charge in [0.05, 0.1) is 12.6 Å². The average molecular weight is 347 g/mol. The topological polar surface area (TPSA) is 58.0 Å². The first-order chi connectivity index (χ1) is 11.8. The molecule has 2 aromatic rings. The van der Waals surface area contributed by atoms with Crippen molar-refractivity contribution in [2.45, 2.75) is 74.8 Å². The first-order valence-electron chi connectivity index (χ1n) is 9.16. The second-order valence-electron chi connectivity index (χ2n) is 7.01. The van der Waals surface area contributed by atoms with Crippen molar-refractivity contribution in [2.24, 2.45) is 0 Å². The Balaban J connectivity index is 1.38. The van der Waals surface area contributed by atoms with E-state index in [-0.39, 0.29) is 0 Å². The highest BCUT2D eigenvalue weighted by atomic mass is 32.2. The smallest absolute Gasteiger partial charge is 0.167 e. The number of furan rings is 1. The van der Waals surface area contributed by atoms with Crippen LogP contribution in [0.3, 0.4) is 0 Å². The lowest BCUT2D eigenvalue weighted by atomic mass is 10.0. The van der Waals surface area contributed by atoms with E-state index in [9.17, 15) is 0 Å². The number of aromatic nitrogens is 3. The molecule has 3 heterocycles. The molecule has 24 heavy (non-hydrogen) atoms. The Hall–Kier alpha value is -1.27. The van der Waals surface area contributed by atoms with Crippen LogP contribution in [-0.2, 0) is 6.54 Å². The molecule has 1 saturated heterocycles. The third kappa shape index (κ3) is 3.70. The molecule has 2 aliphatic rings. The quantitative estimate of drug-likeness (QED) is 0.866. The van der Waals surface area contributed by atoms with Gasteiger partial charge in [0.2, 0.25) is 0 Å². The van der Waals surface area contributed by atoms with Gasteiger partial charge in [-0.15, -0.1) is 0 Å². The molecule has 0 aromatic carbocycles. The molecule has 0 amide bonds. The van der Waals surface area contributed by atoms with Crippen LogP contribution >= 0.6 is 11.8 Å². The normalized spacial score (nSPS) is 23.1. The summed E-state index contributed by atoms with van der Waals surface area (Å²) in [6, 6.07) is 4.61. The van der Waals surface area contributed by atoms with E-state index in [1.165, 1.54) is 38.5 Å².